The fraction of sp³-hybridized carbons (Fsp3) is 0.333. The minimum Gasteiger partial charge on any atom is -0.386 e. The van der Waals surface area contributed by atoms with Crippen LogP contribution < -0.4 is 0 Å². The lowest BCUT2D eigenvalue weighted by Crippen LogP contribution is -2.54. The van der Waals surface area contributed by atoms with Crippen LogP contribution in [0, 0.1) is 0 Å². The van der Waals surface area contributed by atoms with Gasteiger partial charge in [0.2, 0.25) is 0 Å². The van der Waals surface area contributed by atoms with E-state index in [0.29, 0.717) is 11.1 Å². The predicted molar refractivity (Wildman–Crippen MR) is 83.7 cm³/mol. The molecule has 0 spiro atoms. The zero-order valence-electron chi connectivity index (χ0n) is 9.26. The van der Waals surface area contributed by atoms with Gasteiger partial charge in [-0.3, -0.25) is 0 Å². The van der Waals surface area contributed by atoms with Gasteiger partial charge in [-0.2, -0.15) is 0 Å². The van der Waals surface area contributed by atoms with Gasteiger partial charge in [-0.1, -0.05) is 88.3 Å². The van der Waals surface area contributed by atoms with Crippen LogP contribution >= 0.6 is 69.6 Å². The van der Waals surface area contributed by atoms with Gasteiger partial charge in [-0.05, 0) is 11.1 Å². The van der Waals surface area contributed by atoms with Gasteiger partial charge in [0.1, 0.15) is 6.10 Å². The molecule has 0 saturated heterocycles. The van der Waals surface area contributed by atoms with Crippen molar-refractivity contribution in [2.45, 2.75) is 20.1 Å². The second-order valence-corrected chi connectivity index (χ2v) is 7.80. The van der Waals surface area contributed by atoms with Crippen molar-refractivity contribution in [2.75, 3.05) is 0 Å². The smallest absolute Gasteiger partial charge is 0.182 e. The molecule has 1 N–H and O–H groups in total. The Morgan fingerprint density at radius 1 is 1.00 bits per heavy atom. The van der Waals surface area contributed by atoms with E-state index >= 15 is 0 Å². The molecule has 0 amide bonds. The molecule has 104 valence electrons. The van der Waals surface area contributed by atoms with Gasteiger partial charge in [0.05, 0.1) is 10.4 Å². The summed E-state index contributed by atoms with van der Waals surface area (Å²) < 4.78 is -3.57. The third-order valence-corrected chi connectivity index (χ3v) is 6.04. The molecule has 1 nitrogen and oxygen atoms in total. The zero-order chi connectivity index (χ0) is 14.4. The molecule has 0 fully saturated rings. The highest BCUT2D eigenvalue weighted by Gasteiger charge is 2.59. The molecule has 1 aliphatic carbocycles. The zero-order valence-corrected chi connectivity index (χ0v) is 13.8. The second kappa shape index (κ2) is 5.46. The Balaban J connectivity index is 2.67. The molecule has 0 bridgehead atoms. The van der Waals surface area contributed by atoms with Gasteiger partial charge in [0.25, 0.3) is 0 Å². The van der Waals surface area contributed by atoms with E-state index in [4.69, 9.17) is 69.6 Å². The van der Waals surface area contributed by atoms with E-state index < -0.39 is 20.1 Å². The van der Waals surface area contributed by atoms with Crippen molar-refractivity contribution in [2.24, 2.45) is 0 Å². The van der Waals surface area contributed by atoms with Crippen molar-refractivity contribution in [1.29, 1.82) is 0 Å². The largest absolute Gasteiger partial charge is 0.386 e. The first-order chi connectivity index (χ1) is 8.70. The van der Waals surface area contributed by atoms with Crippen LogP contribution in [0.15, 0.2) is 35.4 Å². The van der Waals surface area contributed by atoms with E-state index in [-0.39, 0.29) is 5.03 Å². The highest BCUT2D eigenvalue weighted by molar-refractivity contribution is 6.63. The first-order valence-corrected chi connectivity index (χ1v) is 7.56. The average Bonchev–Trinajstić information content (AvgIpc) is 2.37. The summed E-state index contributed by atoms with van der Waals surface area (Å²) >= 11 is 36.7. The van der Waals surface area contributed by atoms with Gasteiger partial charge in [-0.25, -0.2) is 0 Å². The van der Waals surface area contributed by atoms with Crippen LogP contribution in [0.2, 0.25) is 0 Å². The van der Waals surface area contributed by atoms with Crippen LogP contribution in [0.5, 0.6) is 0 Å². The molecule has 2 unspecified atom stereocenters. The fourth-order valence-corrected chi connectivity index (χ4v) is 3.92. The molecule has 7 heteroatoms. The molecule has 1 aromatic carbocycles. The fourth-order valence-electron chi connectivity index (χ4n) is 1.87. The Kier molecular flexibility index (Phi) is 4.61. The minimum atomic E-state index is -1.82. The van der Waals surface area contributed by atoms with E-state index in [2.05, 4.69) is 0 Å². The molecule has 1 aliphatic rings. The lowest BCUT2D eigenvalue weighted by molar-refractivity contribution is 0.147. The highest BCUT2D eigenvalue weighted by atomic mass is 35.5. The van der Waals surface area contributed by atoms with Crippen molar-refractivity contribution in [3.8, 4) is 0 Å². The molecule has 0 aromatic heterocycles. The molecule has 0 heterocycles. The van der Waals surface area contributed by atoms with E-state index in [0.717, 1.165) is 0 Å². The molecule has 0 aliphatic heterocycles. The van der Waals surface area contributed by atoms with Crippen LogP contribution in [0.4, 0.5) is 0 Å². The monoisotopic (exact) mass is 378 g/mol. The number of alkyl halides is 5. The van der Waals surface area contributed by atoms with Crippen molar-refractivity contribution >= 4 is 75.2 Å². The number of allylic oxidation sites excluding steroid dienone is 1. The Morgan fingerprint density at radius 3 is 2.05 bits per heavy atom. The molecule has 0 radical (unpaired) electrons. The van der Waals surface area contributed by atoms with E-state index in [1.54, 1.807) is 24.3 Å². The maximum Gasteiger partial charge on any atom is 0.182 e. The lowest BCUT2D eigenvalue weighted by Gasteiger charge is -2.43. The van der Waals surface area contributed by atoms with Crippen LogP contribution in [0.25, 0.3) is 5.57 Å². The Hall–Kier alpha value is 0.660. The van der Waals surface area contributed by atoms with E-state index in [9.17, 15) is 5.11 Å². The van der Waals surface area contributed by atoms with Crippen LogP contribution in [0.3, 0.4) is 0 Å². The number of hydrogen-bond acceptors (Lipinski definition) is 1. The summed E-state index contributed by atoms with van der Waals surface area (Å²) in [6.45, 7) is 0. The number of aliphatic hydroxyl groups is 1. The number of rotatable bonds is 1. The SMILES string of the molecule is OC1C(Cl)(Cl)C(Cl)=C(c2ccccc2)C(Cl)C1(Cl)Cl. The summed E-state index contributed by atoms with van der Waals surface area (Å²) in [7, 11) is 0. The molecular formula is C12H8Cl6O. The third kappa shape index (κ3) is 2.60. The first kappa shape index (κ1) is 16.0. The standard InChI is InChI=1S/C12H8Cl6O/c13-8-7(6-4-2-1-3-5-6)9(14)12(17,18)10(19)11(8,15)16/h1-5,8,10,19H. The molecule has 2 rings (SSSR count). The summed E-state index contributed by atoms with van der Waals surface area (Å²) in [6.07, 6.45) is -1.52. The lowest BCUT2D eigenvalue weighted by atomic mass is 9.89. The Labute approximate surface area is 141 Å². The molecule has 19 heavy (non-hydrogen) atoms. The topological polar surface area (TPSA) is 20.2 Å². The van der Waals surface area contributed by atoms with E-state index in [1.807, 2.05) is 6.07 Å². The molecular weight excluding hydrogens is 373 g/mol. The maximum absolute atomic E-state index is 10.0. The third-order valence-electron chi connectivity index (χ3n) is 2.91. The maximum atomic E-state index is 10.0. The van der Waals surface area contributed by atoms with Crippen molar-refractivity contribution < 1.29 is 5.11 Å². The van der Waals surface area contributed by atoms with E-state index in [1.165, 1.54) is 0 Å². The van der Waals surface area contributed by atoms with Gasteiger partial charge >= 0.3 is 0 Å². The highest BCUT2D eigenvalue weighted by Crippen LogP contribution is 2.56. The molecule has 1 aromatic rings. The summed E-state index contributed by atoms with van der Waals surface area (Å²) in [5.41, 5.74) is 1.10. The number of aliphatic hydroxyl groups excluding tert-OH is 1. The minimum absolute atomic E-state index is 0.0199. The van der Waals surface area contributed by atoms with Crippen molar-refractivity contribution in [1.82, 2.24) is 0 Å². The first-order valence-electron chi connectivity index (χ1n) is 5.24. The number of halogens is 6. The Bertz CT molecular complexity index is 510. The van der Waals surface area contributed by atoms with Gasteiger partial charge in [0.15, 0.2) is 8.67 Å². The molecule has 2 atom stereocenters. The Morgan fingerprint density at radius 2 is 1.53 bits per heavy atom. The summed E-state index contributed by atoms with van der Waals surface area (Å²) in [5, 5.41) is 9.11. The number of hydrogen-bond donors (Lipinski definition) is 1. The summed E-state index contributed by atoms with van der Waals surface area (Å²) in [4.78, 5) is 0. The van der Waals surface area contributed by atoms with Crippen molar-refractivity contribution in [3.05, 3.63) is 40.9 Å². The predicted octanol–water partition coefficient (Wildman–Crippen LogP) is 4.97. The average molecular weight is 381 g/mol. The van der Waals surface area contributed by atoms with Gasteiger partial charge in [0, 0.05) is 0 Å². The van der Waals surface area contributed by atoms with Crippen LogP contribution in [0.1, 0.15) is 5.56 Å². The second-order valence-electron chi connectivity index (χ2n) is 4.16. The normalized spacial score (nSPS) is 29.4. The van der Waals surface area contributed by atoms with Crippen LogP contribution in [-0.2, 0) is 0 Å². The van der Waals surface area contributed by atoms with Gasteiger partial charge in [-0.15, -0.1) is 11.6 Å². The van der Waals surface area contributed by atoms with Crippen molar-refractivity contribution in [3.63, 3.8) is 0 Å². The number of benzene rings is 1. The van der Waals surface area contributed by atoms with Gasteiger partial charge < -0.3 is 5.11 Å². The quantitative estimate of drug-likeness (QED) is 0.682. The van der Waals surface area contributed by atoms with Crippen LogP contribution in [-0.4, -0.2) is 25.3 Å². The summed E-state index contributed by atoms with van der Waals surface area (Å²) in [5.74, 6) is 0. The molecule has 0 saturated carbocycles. The summed E-state index contributed by atoms with van der Waals surface area (Å²) in [6, 6.07) is 8.99.